The monoisotopic (exact) mass is 281 g/mol. The van der Waals surface area contributed by atoms with Crippen LogP contribution < -0.4 is 9.64 Å². The Labute approximate surface area is 120 Å². The van der Waals surface area contributed by atoms with Crippen LogP contribution in [0, 0.1) is 6.92 Å². The number of aromatic nitrogens is 2. The maximum absolute atomic E-state index is 11.3. The number of rotatable bonds is 7. The lowest BCUT2D eigenvalue weighted by Gasteiger charge is -2.18. The zero-order valence-electron chi connectivity index (χ0n) is 12.8. The molecule has 1 aromatic heterocycles. The lowest BCUT2D eigenvalue weighted by atomic mass is 10.4. The normalized spacial score (nSPS) is 10.5. The molecule has 0 aromatic carbocycles. The number of carbonyl (C=O) groups is 1. The molecule has 0 aliphatic rings. The Hall–Kier alpha value is -1.85. The molecule has 0 amide bonds. The van der Waals surface area contributed by atoms with Crippen LogP contribution in [-0.4, -0.2) is 42.2 Å². The standard InChI is InChI=1S/C14H23N3O3/c1-6-19-13(18)7-8-17(5)14-15-11(4)9-12(16-14)20-10(2)3/h9-10H,6-8H2,1-5H3. The van der Waals surface area contributed by atoms with Gasteiger partial charge < -0.3 is 14.4 Å². The van der Waals surface area contributed by atoms with E-state index in [1.807, 2.05) is 32.7 Å². The highest BCUT2D eigenvalue weighted by Gasteiger charge is 2.11. The van der Waals surface area contributed by atoms with Crippen LogP contribution in [0.2, 0.25) is 0 Å². The first-order valence-corrected chi connectivity index (χ1v) is 6.81. The van der Waals surface area contributed by atoms with Gasteiger partial charge in [0.2, 0.25) is 11.8 Å². The van der Waals surface area contributed by atoms with Crippen LogP contribution >= 0.6 is 0 Å². The molecule has 112 valence electrons. The van der Waals surface area contributed by atoms with Crippen LogP contribution in [0.3, 0.4) is 0 Å². The van der Waals surface area contributed by atoms with E-state index in [0.29, 0.717) is 31.4 Å². The van der Waals surface area contributed by atoms with Crippen molar-refractivity contribution in [1.29, 1.82) is 0 Å². The summed E-state index contributed by atoms with van der Waals surface area (Å²) in [6.45, 7) is 8.47. The fourth-order valence-electron chi connectivity index (χ4n) is 1.59. The van der Waals surface area contributed by atoms with Crippen molar-refractivity contribution in [2.24, 2.45) is 0 Å². The van der Waals surface area contributed by atoms with E-state index in [0.717, 1.165) is 5.69 Å². The smallest absolute Gasteiger partial charge is 0.307 e. The Morgan fingerprint density at radius 1 is 1.40 bits per heavy atom. The van der Waals surface area contributed by atoms with Gasteiger partial charge in [0.1, 0.15) is 0 Å². The van der Waals surface area contributed by atoms with Crippen LogP contribution in [0.4, 0.5) is 5.95 Å². The van der Waals surface area contributed by atoms with E-state index in [9.17, 15) is 4.79 Å². The second-order valence-corrected chi connectivity index (χ2v) is 4.79. The van der Waals surface area contributed by atoms with Gasteiger partial charge in [-0.25, -0.2) is 4.98 Å². The molecule has 0 fully saturated rings. The second kappa shape index (κ2) is 7.67. The van der Waals surface area contributed by atoms with E-state index in [1.165, 1.54) is 0 Å². The molecule has 1 rings (SSSR count). The van der Waals surface area contributed by atoms with Gasteiger partial charge in [0.15, 0.2) is 0 Å². The third kappa shape index (κ3) is 5.42. The van der Waals surface area contributed by atoms with Gasteiger partial charge in [-0.05, 0) is 27.7 Å². The Balaban J connectivity index is 2.69. The van der Waals surface area contributed by atoms with E-state index in [1.54, 1.807) is 13.0 Å². The number of esters is 1. The molecule has 1 heterocycles. The average molecular weight is 281 g/mol. The van der Waals surface area contributed by atoms with Gasteiger partial charge in [0.05, 0.1) is 19.1 Å². The minimum absolute atomic E-state index is 0.0574. The molecule has 0 atom stereocenters. The van der Waals surface area contributed by atoms with E-state index < -0.39 is 0 Å². The van der Waals surface area contributed by atoms with Crippen molar-refractivity contribution in [3.8, 4) is 5.88 Å². The zero-order valence-corrected chi connectivity index (χ0v) is 12.8. The summed E-state index contributed by atoms with van der Waals surface area (Å²) in [6, 6.07) is 1.79. The van der Waals surface area contributed by atoms with Crippen LogP contribution in [0.15, 0.2) is 6.07 Å². The van der Waals surface area contributed by atoms with E-state index in [4.69, 9.17) is 9.47 Å². The van der Waals surface area contributed by atoms with Gasteiger partial charge in [0, 0.05) is 25.4 Å². The lowest BCUT2D eigenvalue weighted by molar-refractivity contribution is -0.142. The van der Waals surface area contributed by atoms with Crippen molar-refractivity contribution < 1.29 is 14.3 Å². The minimum Gasteiger partial charge on any atom is -0.475 e. The predicted molar refractivity (Wildman–Crippen MR) is 77.1 cm³/mol. The highest BCUT2D eigenvalue weighted by Crippen LogP contribution is 2.16. The van der Waals surface area contributed by atoms with Gasteiger partial charge in [-0.2, -0.15) is 4.98 Å². The number of hydrogen-bond acceptors (Lipinski definition) is 6. The van der Waals surface area contributed by atoms with Crippen LogP contribution in [0.25, 0.3) is 0 Å². The van der Waals surface area contributed by atoms with E-state index >= 15 is 0 Å². The molecular formula is C14H23N3O3. The molecule has 20 heavy (non-hydrogen) atoms. The highest BCUT2D eigenvalue weighted by molar-refractivity contribution is 5.70. The Morgan fingerprint density at radius 3 is 2.70 bits per heavy atom. The number of ether oxygens (including phenoxy) is 2. The number of nitrogens with zero attached hydrogens (tertiary/aromatic N) is 3. The topological polar surface area (TPSA) is 64.5 Å². The maximum atomic E-state index is 11.3. The average Bonchev–Trinajstić information content (AvgIpc) is 2.34. The highest BCUT2D eigenvalue weighted by atomic mass is 16.5. The SMILES string of the molecule is CCOC(=O)CCN(C)c1nc(C)cc(OC(C)C)n1. The maximum Gasteiger partial charge on any atom is 0.307 e. The number of hydrogen-bond donors (Lipinski definition) is 0. The summed E-state index contributed by atoms with van der Waals surface area (Å²) in [5.74, 6) is 0.876. The molecule has 0 saturated carbocycles. The van der Waals surface area contributed by atoms with Crippen LogP contribution in [0.1, 0.15) is 32.9 Å². The molecule has 0 unspecified atom stereocenters. The molecule has 0 bridgehead atoms. The second-order valence-electron chi connectivity index (χ2n) is 4.79. The minimum atomic E-state index is -0.217. The third-order valence-corrected chi connectivity index (χ3v) is 2.47. The molecule has 0 spiro atoms. The summed E-state index contributed by atoms with van der Waals surface area (Å²) < 4.78 is 10.5. The lowest BCUT2D eigenvalue weighted by Crippen LogP contribution is -2.24. The first-order valence-electron chi connectivity index (χ1n) is 6.81. The number of carbonyl (C=O) groups excluding carboxylic acids is 1. The van der Waals surface area contributed by atoms with Gasteiger partial charge in [-0.3, -0.25) is 4.79 Å². The first kappa shape index (κ1) is 16.2. The summed E-state index contributed by atoms with van der Waals surface area (Å²) in [5, 5.41) is 0. The first-order chi connectivity index (χ1) is 9.42. The molecule has 0 radical (unpaired) electrons. The fraction of sp³-hybridized carbons (Fsp3) is 0.643. The predicted octanol–water partition coefficient (Wildman–Crippen LogP) is 1.96. The number of anilines is 1. The summed E-state index contributed by atoms with van der Waals surface area (Å²) in [7, 11) is 1.84. The van der Waals surface area contributed by atoms with Crippen molar-refractivity contribution >= 4 is 11.9 Å². The molecular weight excluding hydrogens is 258 g/mol. The molecule has 1 aromatic rings. The van der Waals surface area contributed by atoms with Crippen LogP contribution in [0.5, 0.6) is 5.88 Å². The Morgan fingerprint density at radius 2 is 2.10 bits per heavy atom. The molecule has 0 saturated heterocycles. The van der Waals surface area contributed by atoms with Gasteiger partial charge in [-0.15, -0.1) is 0 Å². The molecule has 6 nitrogen and oxygen atoms in total. The molecule has 6 heteroatoms. The van der Waals surface area contributed by atoms with Crippen molar-refractivity contribution in [3.05, 3.63) is 11.8 Å². The fourth-order valence-corrected chi connectivity index (χ4v) is 1.59. The van der Waals surface area contributed by atoms with Gasteiger partial charge in [-0.1, -0.05) is 0 Å². The zero-order chi connectivity index (χ0) is 15.1. The summed E-state index contributed by atoms with van der Waals surface area (Å²) >= 11 is 0. The van der Waals surface area contributed by atoms with Gasteiger partial charge >= 0.3 is 5.97 Å². The number of aryl methyl sites for hydroxylation is 1. The Kier molecular flexibility index (Phi) is 6.21. The summed E-state index contributed by atoms with van der Waals surface area (Å²) in [4.78, 5) is 21.8. The van der Waals surface area contributed by atoms with Crippen molar-refractivity contribution in [2.75, 3.05) is 25.1 Å². The van der Waals surface area contributed by atoms with Crippen molar-refractivity contribution in [1.82, 2.24) is 9.97 Å². The Bertz CT molecular complexity index is 449. The van der Waals surface area contributed by atoms with E-state index in [2.05, 4.69) is 9.97 Å². The van der Waals surface area contributed by atoms with Crippen LogP contribution in [-0.2, 0) is 9.53 Å². The molecule has 0 N–H and O–H groups in total. The van der Waals surface area contributed by atoms with E-state index in [-0.39, 0.29) is 12.1 Å². The summed E-state index contributed by atoms with van der Waals surface area (Å²) in [6.07, 6.45) is 0.365. The largest absolute Gasteiger partial charge is 0.475 e. The van der Waals surface area contributed by atoms with Crippen molar-refractivity contribution in [3.63, 3.8) is 0 Å². The van der Waals surface area contributed by atoms with Gasteiger partial charge in [0.25, 0.3) is 0 Å². The quantitative estimate of drug-likeness (QED) is 0.712. The van der Waals surface area contributed by atoms with Crippen molar-refractivity contribution in [2.45, 2.75) is 40.2 Å². The summed E-state index contributed by atoms with van der Waals surface area (Å²) in [5.41, 5.74) is 0.827. The molecule has 0 aliphatic heterocycles. The molecule has 0 aliphatic carbocycles. The third-order valence-electron chi connectivity index (χ3n) is 2.47.